The molecular formula is C21H25N3O7S. The predicted molar refractivity (Wildman–Crippen MR) is 115 cm³/mol. The number of fused-ring (bicyclic) bond motifs is 1. The first-order valence-corrected chi connectivity index (χ1v) is 10.7. The van der Waals surface area contributed by atoms with Gasteiger partial charge in [0.2, 0.25) is 11.8 Å². The second kappa shape index (κ2) is 8.73. The van der Waals surface area contributed by atoms with Crippen molar-refractivity contribution in [1.29, 1.82) is 0 Å². The number of benzene rings is 1. The lowest BCUT2D eigenvalue weighted by molar-refractivity contribution is -0.161. The molecule has 2 fully saturated rings. The fraction of sp³-hybridized carbons (Fsp3) is 0.429. The van der Waals surface area contributed by atoms with Crippen LogP contribution in [0.15, 0.2) is 36.5 Å². The Morgan fingerprint density at radius 1 is 1.28 bits per heavy atom. The van der Waals surface area contributed by atoms with E-state index in [2.05, 4.69) is 10.1 Å². The van der Waals surface area contributed by atoms with Gasteiger partial charge in [0.25, 0.3) is 0 Å². The minimum atomic E-state index is -1.09. The average molecular weight is 464 g/mol. The number of aromatic hydroxyl groups is 1. The van der Waals surface area contributed by atoms with Crippen LogP contribution in [-0.2, 0) is 23.9 Å². The lowest BCUT2D eigenvalue weighted by Crippen LogP contribution is -2.71. The monoisotopic (exact) mass is 463 g/mol. The number of β-lactam (4-membered cyclic amide) rings is 1. The van der Waals surface area contributed by atoms with E-state index < -0.39 is 52.0 Å². The highest BCUT2D eigenvalue weighted by atomic mass is 32.2. The van der Waals surface area contributed by atoms with Crippen molar-refractivity contribution in [3.05, 3.63) is 42.1 Å². The van der Waals surface area contributed by atoms with Gasteiger partial charge in [0.15, 0.2) is 0 Å². The van der Waals surface area contributed by atoms with Gasteiger partial charge < -0.3 is 30.1 Å². The molecule has 11 heteroatoms. The van der Waals surface area contributed by atoms with E-state index in [-0.39, 0.29) is 5.75 Å². The fourth-order valence-corrected chi connectivity index (χ4v) is 5.56. The van der Waals surface area contributed by atoms with Gasteiger partial charge >= 0.3 is 11.9 Å². The Bertz CT molecular complexity index is 963. The number of phenols is 1. The Morgan fingerprint density at radius 3 is 2.47 bits per heavy atom. The van der Waals surface area contributed by atoms with E-state index in [1.54, 1.807) is 33.0 Å². The lowest BCUT2D eigenvalue weighted by Gasteiger charge is -2.44. The van der Waals surface area contributed by atoms with E-state index in [0.717, 1.165) is 6.08 Å². The van der Waals surface area contributed by atoms with Gasteiger partial charge in [-0.3, -0.25) is 9.59 Å². The summed E-state index contributed by atoms with van der Waals surface area (Å²) in [6, 6.07) is 3.21. The van der Waals surface area contributed by atoms with Crippen molar-refractivity contribution >= 4 is 35.5 Å². The molecule has 1 aromatic carbocycles. The molecule has 3 rings (SSSR count). The van der Waals surface area contributed by atoms with Crippen LogP contribution in [0.4, 0.5) is 0 Å². The van der Waals surface area contributed by atoms with E-state index in [9.17, 15) is 29.4 Å². The SMILES string of the molecule is COC(=O)C=CN(C)C(C(=O)N[C@@H]1C(=O)N2[C@@H]1SC(C)(C)[C@@H]2C(=O)O)c1ccc(O)cc1. The molecule has 32 heavy (non-hydrogen) atoms. The Hall–Kier alpha value is -3.21. The summed E-state index contributed by atoms with van der Waals surface area (Å²) in [7, 11) is 2.81. The number of carboxylic acids is 1. The quantitative estimate of drug-likeness (QED) is 0.303. The predicted octanol–water partition coefficient (Wildman–Crippen LogP) is 0.684. The Labute approximate surface area is 189 Å². The van der Waals surface area contributed by atoms with Crippen LogP contribution in [0.3, 0.4) is 0 Å². The number of methoxy groups -OCH3 is 1. The summed E-state index contributed by atoms with van der Waals surface area (Å²) in [4.78, 5) is 51.9. The third-order valence-electron chi connectivity index (χ3n) is 5.48. The summed E-state index contributed by atoms with van der Waals surface area (Å²) in [6.45, 7) is 3.51. The van der Waals surface area contributed by atoms with Crippen molar-refractivity contribution in [3.63, 3.8) is 0 Å². The summed E-state index contributed by atoms with van der Waals surface area (Å²) < 4.78 is 3.87. The van der Waals surface area contributed by atoms with Crippen molar-refractivity contribution in [2.45, 2.75) is 42.1 Å². The first-order chi connectivity index (χ1) is 15.0. The molecule has 0 aromatic heterocycles. The normalized spacial score (nSPS) is 24.4. The maximum Gasteiger partial charge on any atom is 0.331 e. The molecule has 0 aliphatic carbocycles. The Morgan fingerprint density at radius 2 is 1.91 bits per heavy atom. The number of aliphatic carboxylic acids is 1. The third-order valence-corrected chi connectivity index (χ3v) is 7.06. The molecule has 0 spiro atoms. The second-order valence-electron chi connectivity index (χ2n) is 8.08. The van der Waals surface area contributed by atoms with Crippen molar-refractivity contribution in [2.24, 2.45) is 0 Å². The molecule has 1 aromatic rings. The van der Waals surface area contributed by atoms with Crippen LogP contribution >= 0.6 is 11.8 Å². The molecule has 0 radical (unpaired) electrons. The number of ether oxygens (including phenoxy) is 1. The zero-order chi connectivity index (χ0) is 23.8. The van der Waals surface area contributed by atoms with Crippen molar-refractivity contribution < 1.29 is 34.1 Å². The molecule has 10 nitrogen and oxygen atoms in total. The molecule has 0 bridgehead atoms. The fourth-order valence-electron chi connectivity index (χ4n) is 3.94. The van der Waals surface area contributed by atoms with Crippen LogP contribution in [0.25, 0.3) is 0 Å². The molecule has 172 valence electrons. The molecule has 2 amide bonds. The van der Waals surface area contributed by atoms with Crippen LogP contribution in [0.1, 0.15) is 25.5 Å². The van der Waals surface area contributed by atoms with Gasteiger partial charge in [0.05, 0.1) is 7.11 Å². The number of hydrogen-bond donors (Lipinski definition) is 3. The standard InChI is InChI=1S/C21H25N3O7S/c1-21(2)16(20(29)30)24-18(28)14(19(24)32-21)22-17(27)15(11-5-7-12(25)8-6-11)23(3)10-9-13(26)31-4/h5-10,14-16,19,25H,1-4H3,(H,22,27)(H,29,30)/t14-,15?,16+,19-/m1/s1. The molecule has 3 N–H and O–H groups in total. The number of hydrogen-bond acceptors (Lipinski definition) is 8. The lowest BCUT2D eigenvalue weighted by atomic mass is 9.95. The highest BCUT2D eigenvalue weighted by Crippen LogP contribution is 2.50. The van der Waals surface area contributed by atoms with Gasteiger partial charge in [-0.2, -0.15) is 0 Å². The maximum atomic E-state index is 13.2. The van der Waals surface area contributed by atoms with Gasteiger partial charge in [-0.25, -0.2) is 9.59 Å². The molecule has 2 aliphatic rings. The number of carbonyl (C=O) groups excluding carboxylic acids is 3. The molecule has 4 atom stereocenters. The molecule has 2 aliphatic heterocycles. The van der Waals surface area contributed by atoms with Crippen LogP contribution in [-0.4, -0.2) is 80.1 Å². The molecule has 2 saturated heterocycles. The average Bonchev–Trinajstić information content (AvgIpc) is 2.99. The van der Waals surface area contributed by atoms with Gasteiger partial charge in [0.1, 0.15) is 29.2 Å². The highest BCUT2D eigenvalue weighted by Gasteiger charge is 2.64. The first-order valence-electron chi connectivity index (χ1n) is 9.78. The smallest absolute Gasteiger partial charge is 0.331 e. The second-order valence-corrected chi connectivity index (χ2v) is 9.85. The third kappa shape index (κ3) is 4.24. The van der Waals surface area contributed by atoms with E-state index in [1.165, 1.54) is 47.0 Å². The Balaban J connectivity index is 1.82. The van der Waals surface area contributed by atoms with Crippen molar-refractivity contribution in [1.82, 2.24) is 15.1 Å². The van der Waals surface area contributed by atoms with Gasteiger partial charge in [-0.1, -0.05) is 12.1 Å². The number of phenolic OH excluding ortho intramolecular Hbond substituents is 1. The van der Waals surface area contributed by atoms with E-state index in [4.69, 9.17) is 0 Å². The minimum absolute atomic E-state index is 0.0229. The summed E-state index contributed by atoms with van der Waals surface area (Å²) in [5.74, 6) is -2.63. The number of thioether (sulfide) groups is 1. The first kappa shape index (κ1) is 23.5. The van der Waals surface area contributed by atoms with Crippen molar-refractivity contribution in [3.8, 4) is 5.75 Å². The summed E-state index contributed by atoms with van der Waals surface area (Å²) in [6.07, 6.45) is 2.54. The van der Waals surface area contributed by atoms with Crippen LogP contribution in [0.2, 0.25) is 0 Å². The van der Waals surface area contributed by atoms with Crippen LogP contribution < -0.4 is 5.32 Å². The zero-order valence-electron chi connectivity index (χ0n) is 18.0. The van der Waals surface area contributed by atoms with Gasteiger partial charge in [-0.15, -0.1) is 11.8 Å². The number of carboxylic acid groups (broad SMARTS) is 1. The summed E-state index contributed by atoms with van der Waals surface area (Å²) in [5, 5.41) is 21.4. The number of nitrogens with one attached hydrogen (secondary N) is 1. The van der Waals surface area contributed by atoms with Gasteiger partial charge in [0, 0.05) is 24.1 Å². The number of esters is 1. The number of nitrogens with zero attached hydrogens (tertiary/aromatic N) is 2. The van der Waals surface area contributed by atoms with Gasteiger partial charge in [-0.05, 0) is 31.5 Å². The molecule has 2 heterocycles. The molecular weight excluding hydrogens is 438 g/mol. The number of amides is 2. The number of carbonyl (C=O) groups is 4. The Kier molecular flexibility index (Phi) is 6.40. The van der Waals surface area contributed by atoms with Crippen LogP contribution in [0, 0.1) is 0 Å². The van der Waals surface area contributed by atoms with Crippen LogP contribution in [0.5, 0.6) is 5.75 Å². The molecule has 0 saturated carbocycles. The highest BCUT2D eigenvalue weighted by molar-refractivity contribution is 8.01. The van der Waals surface area contributed by atoms with E-state index in [1.807, 2.05) is 0 Å². The van der Waals surface area contributed by atoms with E-state index >= 15 is 0 Å². The number of rotatable bonds is 7. The van der Waals surface area contributed by atoms with Crippen molar-refractivity contribution in [2.75, 3.05) is 14.2 Å². The topological polar surface area (TPSA) is 136 Å². The van der Waals surface area contributed by atoms with E-state index in [0.29, 0.717) is 5.56 Å². The largest absolute Gasteiger partial charge is 0.508 e. The molecule has 1 unspecified atom stereocenters. The summed E-state index contributed by atoms with van der Waals surface area (Å²) >= 11 is 1.33. The minimum Gasteiger partial charge on any atom is -0.508 e. The maximum absolute atomic E-state index is 13.2. The number of likely N-dealkylation sites (N-methyl/N-ethyl adjacent to an activating group) is 1. The zero-order valence-corrected chi connectivity index (χ0v) is 18.8. The summed E-state index contributed by atoms with van der Waals surface area (Å²) in [5.41, 5.74) is 0.517.